The van der Waals surface area contributed by atoms with Gasteiger partial charge in [0, 0.05) is 11.8 Å². The van der Waals surface area contributed by atoms with Gasteiger partial charge in [-0.2, -0.15) is 0 Å². The molecule has 0 aliphatic heterocycles. The zero-order chi connectivity index (χ0) is 12.3. The van der Waals surface area contributed by atoms with E-state index in [0.29, 0.717) is 16.8 Å². The molecule has 0 aliphatic rings. The lowest BCUT2D eigenvalue weighted by Gasteiger charge is -2.03. The highest BCUT2D eigenvalue weighted by molar-refractivity contribution is 6.10. The fraction of sp³-hybridized carbons (Fsp3) is 0.0667. The molecule has 2 rings (SSSR count). The summed E-state index contributed by atoms with van der Waals surface area (Å²) in [5.41, 5.74) is 2.60. The lowest BCUT2D eigenvalue weighted by molar-refractivity contribution is 0.103. The van der Waals surface area contributed by atoms with Crippen molar-refractivity contribution < 1.29 is 4.79 Å². The van der Waals surface area contributed by atoms with Crippen molar-refractivity contribution >= 4 is 5.78 Å². The van der Waals surface area contributed by atoms with E-state index in [1.165, 1.54) is 0 Å². The van der Waals surface area contributed by atoms with Gasteiger partial charge in [0.2, 0.25) is 0 Å². The quantitative estimate of drug-likeness (QED) is 0.576. The van der Waals surface area contributed by atoms with Crippen molar-refractivity contribution in [3.63, 3.8) is 0 Å². The summed E-state index contributed by atoms with van der Waals surface area (Å²) < 4.78 is 0. The minimum Gasteiger partial charge on any atom is -0.289 e. The Bertz CT molecular complexity index is 591. The third-order valence-corrected chi connectivity index (χ3v) is 2.50. The van der Waals surface area contributed by atoms with Gasteiger partial charge in [0.05, 0.1) is 5.56 Å². The summed E-state index contributed by atoms with van der Waals surface area (Å²) in [6.45, 7) is 1.98. The predicted octanol–water partition coefficient (Wildman–Crippen LogP) is 2.60. The summed E-state index contributed by atoms with van der Waals surface area (Å²) in [6.07, 6.45) is 6.91. The molecule has 82 valence electrons. The SMILES string of the molecule is C#Cc1ncccc1C(=O)c1ccc(C)cc1. The molecule has 0 saturated heterocycles. The molecular formula is C15H11NO. The third-order valence-electron chi connectivity index (χ3n) is 2.50. The normalized spacial score (nSPS) is 9.65. The lowest BCUT2D eigenvalue weighted by Crippen LogP contribution is -2.05. The number of pyridine rings is 1. The number of benzene rings is 1. The highest BCUT2D eigenvalue weighted by Gasteiger charge is 2.12. The Morgan fingerprint density at radius 3 is 2.59 bits per heavy atom. The first kappa shape index (κ1) is 11.1. The van der Waals surface area contributed by atoms with Crippen molar-refractivity contribution in [3.8, 4) is 12.3 Å². The van der Waals surface area contributed by atoms with Crippen LogP contribution in [-0.2, 0) is 0 Å². The van der Waals surface area contributed by atoms with E-state index < -0.39 is 0 Å². The molecule has 0 bridgehead atoms. The van der Waals surface area contributed by atoms with Gasteiger partial charge in [0.25, 0.3) is 0 Å². The molecule has 2 aromatic rings. The van der Waals surface area contributed by atoms with Crippen LogP contribution in [0.25, 0.3) is 0 Å². The minimum atomic E-state index is -0.0916. The van der Waals surface area contributed by atoms with Gasteiger partial charge in [-0.05, 0) is 25.0 Å². The Kier molecular flexibility index (Phi) is 3.02. The molecule has 0 spiro atoms. The number of carbonyl (C=O) groups is 1. The van der Waals surface area contributed by atoms with E-state index in [1.807, 2.05) is 19.1 Å². The molecule has 0 saturated carbocycles. The van der Waals surface area contributed by atoms with Crippen molar-refractivity contribution in [1.29, 1.82) is 0 Å². The molecule has 1 aromatic carbocycles. The molecule has 0 N–H and O–H groups in total. The van der Waals surface area contributed by atoms with E-state index >= 15 is 0 Å². The lowest BCUT2D eigenvalue weighted by atomic mass is 10.0. The first-order valence-electron chi connectivity index (χ1n) is 5.25. The van der Waals surface area contributed by atoms with Crippen LogP contribution in [0.2, 0.25) is 0 Å². The maximum Gasteiger partial charge on any atom is 0.195 e. The van der Waals surface area contributed by atoms with Crippen LogP contribution in [-0.4, -0.2) is 10.8 Å². The monoisotopic (exact) mass is 221 g/mol. The maximum atomic E-state index is 12.2. The van der Waals surface area contributed by atoms with Gasteiger partial charge in [-0.15, -0.1) is 6.42 Å². The van der Waals surface area contributed by atoms with Crippen molar-refractivity contribution in [3.05, 3.63) is 65.0 Å². The van der Waals surface area contributed by atoms with Crippen molar-refractivity contribution in [2.45, 2.75) is 6.92 Å². The average Bonchev–Trinajstić information content (AvgIpc) is 2.39. The summed E-state index contributed by atoms with van der Waals surface area (Å²) in [7, 11) is 0. The fourth-order valence-electron chi connectivity index (χ4n) is 1.56. The number of aromatic nitrogens is 1. The third kappa shape index (κ3) is 2.24. The van der Waals surface area contributed by atoms with Crippen LogP contribution >= 0.6 is 0 Å². The summed E-state index contributed by atoms with van der Waals surface area (Å²) in [5, 5.41) is 0. The van der Waals surface area contributed by atoms with E-state index in [2.05, 4.69) is 10.9 Å². The van der Waals surface area contributed by atoms with Crippen LogP contribution in [0.4, 0.5) is 0 Å². The highest BCUT2D eigenvalue weighted by Crippen LogP contribution is 2.12. The zero-order valence-electron chi connectivity index (χ0n) is 9.47. The van der Waals surface area contributed by atoms with Gasteiger partial charge >= 0.3 is 0 Å². The van der Waals surface area contributed by atoms with Crippen LogP contribution in [0.5, 0.6) is 0 Å². The van der Waals surface area contributed by atoms with E-state index in [0.717, 1.165) is 5.56 Å². The second-order valence-electron chi connectivity index (χ2n) is 3.74. The van der Waals surface area contributed by atoms with Crippen molar-refractivity contribution in [1.82, 2.24) is 4.98 Å². The Hall–Kier alpha value is -2.40. The molecule has 0 aliphatic carbocycles. The maximum absolute atomic E-state index is 12.2. The number of ketones is 1. The number of terminal acetylenes is 1. The Morgan fingerprint density at radius 2 is 1.94 bits per heavy atom. The zero-order valence-corrected chi connectivity index (χ0v) is 9.47. The molecule has 0 amide bonds. The molecule has 0 atom stereocenters. The number of hydrogen-bond acceptors (Lipinski definition) is 2. The predicted molar refractivity (Wildman–Crippen MR) is 66.8 cm³/mol. The molecule has 1 heterocycles. The van der Waals surface area contributed by atoms with Crippen LogP contribution in [0.3, 0.4) is 0 Å². The van der Waals surface area contributed by atoms with Gasteiger partial charge in [-0.25, -0.2) is 4.98 Å². The first-order chi connectivity index (χ1) is 8.22. The molecule has 0 unspecified atom stereocenters. The molecule has 1 aromatic heterocycles. The van der Waals surface area contributed by atoms with Gasteiger partial charge in [-0.3, -0.25) is 4.79 Å². The Morgan fingerprint density at radius 1 is 1.24 bits per heavy atom. The van der Waals surface area contributed by atoms with Crippen LogP contribution in [0.15, 0.2) is 42.6 Å². The first-order valence-corrected chi connectivity index (χ1v) is 5.25. The molecule has 2 heteroatoms. The van der Waals surface area contributed by atoms with Crippen LogP contribution in [0.1, 0.15) is 27.2 Å². The van der Waals surface area contributed by atoms with E-state index in [1.54, 1.807) is 30.5 Å². The second-order valence-corrected chi connectivity index (χ2v) is 3.74. The van der Waals surface area contributed by atoms with Crippen LogP contribution in [0, 0.1) is 19.3 Å². The average molecular weight is 221 g/mol. The smallest absolute Gasteiger partial charge is 0.195 e. The van der Waals surface area contributed by atoms with Gasteiger partial charge in [-0.1, -0.05) is 29.8 Å². The Labute approximate surface area is 100 Å². The summed E-state index contributed by atoms with van der Waals surface area (Å²) in [5.74, 6) is 2.33. The van der Waals surface area contributed by atoms with Crippen molar-refractivity contribution in [2.75, 3.05) is 0 Å². The van der Waals surface area contributed by atoms with Gasteiger partial charge < -0.3 is 0 Å². The number of nitrogens with zero attached hydrogens (tertiary/aromatic N) is 1. The van der Waals surface area contributed by atoms with Crippen LogP contribution < -0.4 is 0 Å². The standard InChI is InChI=1S/C15H11NO/c1-3-14-13(5-4-10-16-14)15(17)12-8-6-11(2)7-9-12/h1,4-10H,2H3. The summed E-state index contributed by atoms with van der Waals surface area (Å²) in [4.78, 5) is 16.2. The van der Waals surface area contributed by atoms with Gasteiger partial charge in [0.1, 0.15) is 5.69 Å². The number of aryl methyl sites for hydroxylation is 1. The highest BCUT2D eigenvalue weighted by atomic mass is 16.1. The van der Waals surface area contributed by atoms with E-state index in [-0.39, 0.29) is 5.78 Å². The summed E-state index contributed by atoms with van der Waals surface area (Å²) >= 11 is 0. The van der Waals surface area contributed by atoms with Crippen molar-refractivity contribution in [2.24, 2.45) is 0 Å². The Balaban J connectivity index is 2.44. The van der Waals surface area contributed by atoms with E-state index in [9.17, 15) is 4.79 Å². The molecule has 0 radical (unpaired) electrons. The second kappa shape index (κ2) is 4.63. The molecule has 0 fully saturated rings. The largest absolute Gasteiger partial charge is 0.289 e. The topological polar surface area (TPSA) is 30.0 Å². The fourth-order valence-corrected chi connectivity index (χ4v) is 1.56. The van der Waals surface area contributed by atoms with Gasteiger partial charge in [0.15, 0.2) is 5.78 Å². The molecular weight excluding hydrogens is 210 g/mol. The molecule has 17 heavy (non-hydrogen) atoms. The molecule has 2 nitrogen and oxygen atoms in total. The number of carbonyl (C=O) groups excluding carboxylic acids is 1. The van der Waals surface area contributed by atoms with E-state index in [4.69, 9.17) is 6.42 Å². The minimum absolute atomic E-state index is 0.0916. The number of rotatable bonds is 2. The summed E-state index contributed by atoms with van der Waals surface area (Å²) in [6, 6.07) is 10.8. The number of hydrogen-bond donors (Lipinski definition) is 0.